The van der Waals surface area contributed by atoms with Gasteiger partial charge >= 0.3 is 5.97 Å². The molecule has 4 fully saturated rings. The van der Waals surface area contributed by atoms with Crippen molar-refractivity contribution < 1.29 is 14.6 Å². The molecule has 3 aromatic rings. The third kappa shape index (κ3) is 3.49. The molecular formula is C30H28O3. The van der Waals surface area contributed by atoms with Crippen LogP contribution in [0, 0.1) is 30.1 Å². The number of benzene rings is 3. The molecule has 0 atom stereocenters. The van der Waals surface area contributed by atoms with Crippen LogP contribution in [0.1, 0.15) is 54.4 Å². The van der Waals surface area contributed by atoms with E-state index in [1.54, 1.807) is 12.1 Å². The van der Waals surface area contributed by atoms with Gasteiger partial charge in [-0.15, -0.1) is 6.42 Å². The van der Waals surface area contributed by atoms with Gasteiger partial charge in [-0.2, -0.15) is 0 Å². The van der Waals surface area contributed by atoms with Gasteiger partial charge in [0.2, 0.25) is 0 Å². The summed E-state index contributed by atoms with van der Waals surface area (Å²) >= 11 is 0. The van der Waals surface area contributed by atoms with E-state index in [1.165, 1.54) is 55.2 Å². The molecule has 4 saturated carbocycles. The second-order valence-electron chi connectivity index (χ2n) is 10.5. The topological polar surface area (TPSA) is 46.5 Å². The summed E-state index contributed by atoms with van der Waals surface area (Å²) in [5.41, 5.74) is 4.41. The molecule has 4 aliphatic carbocycles. The second kappa shape index (κ2) is 7.66. The van der Waals surface area contributed by atoms with Crippen molar-refractivity contribution in [2.45, 2.75) is 43.9 Å². The van der Waals surface area contributed by atoms with E-state index in [0.29, 0.717) is 5.56 Å². The van der Waals surface area contributed by atoms with Gasteiger partial charge in [-0.3, -0.25) is 0 Å². The van der Waals surface area contributed by atoms with Crippen molar-refractivity contribution in [2.75, 3.05) is 6.61 Å². The fourth-order valence-corrected chi connectivity index (χ4v) is 7.42. The number of hydrogen-bond donors (Lipinski definition) is 1. The van der Waals surface area contributed by atoms with Crippen molar-refractivity contribution in [3.05, 3.63) is 65.7 Å². The van der Waals surface area contributed by atoms with Crippen molar-refractivity contribution in [3.63, 3.8) is 0 Å². The number of terminal acetylenes is 1. The molecule has 7 rings (SSSR count). The first kappa shape index (κ1) is 20.4. The van der Waals surface area contributed by atoms with Crippen LogP contribution in [0.25, 0.3) is 21.9 Å². The number of rotatable bonds is 5. The summed E-state index contributed by atoms with van der Waals surface area (Å²) in [6, 6.07) is 18.2. The maximum Gasteiger partial charge on any atom is 0.335 e. The average molecular weight is 437 g/mol. The molecule has 4 bridgehead atoms. The molecule has 0 saturated heterocycles. The van der Waals surface area contributed by atoms with Crippen LogP contribution in [0.2, 0.25) is 0 Å². The Bertz CT molecular complexity index is 1260. The normalized spacial score (nSPS) is 27.4. The third-order valence-electron chi connectivity index (χ3n) is 8.32. The summed E-state index contributed by atoms with van der Waals surface area (Å²) in [6.07, 6.45) is 13.5. The lowest BCUT2D eigenvalue weighted by Crippen LogP contribution is -2.48. The van der Waals surface area contributed by atoms with Crippen LogP contribution in [0.3, 0.4) is 0 Å². The van der Waals surface area contributed by atoms with Gasteiger partial charge in [0.25, 0.3) is 0 Å². The number of carboxylic acid groups (broad SMARTS) is 1. The lowest BCUT2D eigenvalue weighted by molar-refractivity contribution is -0.00501. The molecule has 1 N–H and O–H groups in total. The first-order valence-corrected chi connectivity index (χ1v) is 12.0. The minimum atomic E-state index is -0.896. The Hall–Kier alpha value is -3.25. The molecule has 33 heavy (non-hydrogen) atoms. The highest BCUT2D eigenvalue weighted by Gasteiger charge is 2.52. The van der Waals surface area contributed by atoms with Gasteiger partial charge in [0, 0.05) is 0 Å². The fraction of sp³-hybridized carbons (Fsp3) is 0.367. The molecule has 166 valence electrons. The summed E-state index contributed by atoms with van der Waals surface area (Å²) in [4.78, 5) is 11.4. The van der Waals surface area contributed by atoms with E-state index in [9.17, 15) is 9.90 Å². The molecular weight excluding hydrogens is 408 g/mol. The van der Waals surface area contributed by atoms with E-state index < -0.39 is 5.97 Å². The summed E-state index contributed by atoms with van der Waals surface area (Å²) in [7, 11) is 0. The van der Waals surface area contributed by atoms with E-state index in [0.717, 1.165) is 34.3 Å². The molecule has 0 amide bonds. The molecule has 0 aromatic heterocycles. The number of carboxylic acids is 1. The fourth-order valence-electron chi connectivity index (χ4n) is 7.42. The first-order valence-electron chi connectivity index (χ1n) is 12.0. The van der Waals surface area contributed by atoms with E-state index in [4.69, 9.17) is 11.2 Å². The highest BCUT2D eigenvalue weighted by molar-refractivity contribution is 5.96. The highest BCUT2D eigenvalue weighted by atomic mass is 16.5. The summed E-state index contributed by atoms with van der Waals surface area (Å²) in [6.45, 7) is 0.279. The second-order valence-corrected chi connectivity index (χ2v) is 10.5. The van der Waals surface area contributed by atoms with Gasteiger partial charge in [0.1, 0.15) is 12.4 Å². The zero-order valence-corrected chi connectivity index (χ0v) is 18.7. The van der Waals surface area contributed by atoms with Crippen LogP contribution in [0.5, 0.6) is 5.75 Å². The van der Waals surface area contributed by atoms with Crippen LogP contribution >= 0.6 is 0 Å². The monoisotopic (exact) mass is 436 g/mol. The molecule has 4 aliphatic rings. The Balaban J connectivity index is 1.47. The molecule has 3 heteroatoms. The van der Waals surface area contributed by atoms with Crippen molar-refractivity contribution in [1.82, 2.24) is 0 Å². The van der Waals surface area contributed by atoms with Gasteiger partial charge in [-0.05, 0) is 119 Å². The van der Waals surface area contributed by atoms with Gasteiger partial charge in [-0.1, -0.05) is 30.2 Å². The molecule has 0 heterocycles. The number of aromatic carboxylic acids is 1. The van der Waals surface area contributed by atoms with Gasteiger partial charge in [0.15, 0.2) is 0 Å². The van der Waals surface area contributed by atoms with Crippen LogP contribution in [0.15, 0.2) is 54.6 Å². The van der Waals surface area contributed by atoms with E-state index in [2.05, 4.69) is 30.2 Å². The third-order valence-corrected chi connectivity index (χ3v) is 8.32. The number of ether oxygens (including phenoxy) is 1. The van der Waals surface area contributed by atoms with Crippen molar-refractivity contribution in [3.8, 4) is 29.2 Å². The minimum absolute atomic E-state index is 0.224. The molecule has 0 radical (unpaired) electrons. The summed E-state index contributed by atoms with van der Waals surface area (Å²) < 4.78 is 5.86. The predicted octanol–water partition coefficient (Wildman–Crippen LogP) is 6.68. The molecule has 3 aromatic carbocycles. The largest absolute Gasteiger partial charge is 0.481 e. The van der Waals surface area contributed by atoms with Gasteiger partial charge < -0.3 is 9.84 Å². The maximum atomic E-state index is 11.4. The lowest BCUT2D eigenvalue weighted by Gasteiger charge is -2.57. The summed E-state index contributed by atoms with van der Waals surface area (Å²) in [5.74, 6) is 5.10. The average Bonchev–Trinajstić information content (AvgIpc) is 2.81. The van der Waals surface area contributed by atoms with Crippen molar-refractivity contribution in [1.29, 1.82) is 0 Å². The van der Waals surface area contributed by atoms with E-state index >= 15 is 0 Å². The molecule has 0 spiro atoms. The Morgan fingerprint density at radius 3 is 2.27 bits per heavy atom. The Morgan fingerprint density at radius 2 is 1.61 bits per heavy atom. The first-order chi connectivity index (χ1) is 16.0. The standard InChI is InChI=1S/C30H28O3/c1-2-9-33-26-7-8-27(24-5-3-23-14-25(29(31)32)6-4-22(23)13-24)28(15-26)30-16-19-10-20(17-30)12-21(11-19)18-30/h1,3-8,13-15,19-21H,9-12,16-18H2,(H,31,32). The Labute approximate surface area is 194 Å². The Kier molecular flexibility index (Phi) is 4.73. The zero-order chi connectivity index (χ0) is 22.6. The number of carbonyl (C=O) groups is 1. The van der Waals surface area contributed by atoms with Crippen molar-refractivity contribution >= 4 is 16.7 Å². The van der Waals surface area contributed by atoms with Gasteiger partial charge in [0.05, 0.1) is 5.56 Å². The highest BCUT2D eigenvalue weighted by Crippen LogP contribution is 2.62. The van der Waals surface area contributed by atoms with E-state index in [1.807, 2.05) is 18.2 Å². The smallest absolute Gasteiger partial charge is 0.335 e. The zero-order valence-electron chi connectivity index (χ0n) is 18.7. The molecule has 0 unspecified atom stereocenters. The molecule has 0 aliphatic heterocycles. The van der Waals surface area contributed by atoms with Crippen LogP contribution in [-0.4, -0.2) is 17.7 Å². The van der Waals surface area contributed by atoms with Crippen LogP contribution in [0.4, 0.5) is 0 Å². The lowest BCUT2D eigenvalue weighted by atomic mass is 9.47. The quantitative estimate of drug-likeness (QED) is 0.454. The molecule has 3 nitrogen and oxygen atoms in total. The maximum absolute atomic E-state index is 11.4. The van der Waals surface area contributed by atoms with Crippen LogP contribution < -0.4 is 4.74 Å². The SMILES string of the molecule is C#CCOc1ccc(-c2ccc3cc(C(=O)O)ccc3c2)c(C23CC4CC(CC(C4)C2)C3)c1. The Morgan fingerprint density at radius 1 is 0.939 bits per heavy atom. The minimum Gasteiger partial charge on any atom is -0.481 e. The number of fused-ring (bicyclic) bond motifs is 1. The van der Waals surface area contributed by atoms with E-state index in [-0.39, 0.29) is 12.0 Å². The number of hydrogen-bond acceptors (Lipinski definition) is 2. The van der Waals surface area contributed by atoms with Crippen molar-refractivity contribution in [2.24, 2.45) is 17.8 Å². The summed E-state index contributed by atoms with van der Waals surface area (Å²) in [5, 5.41) is 11.3. The van der Waals surface area contributed by atoms with Crippen LogP contribution in [-0.2, 0) is 5.41 Å². The van der Waals surface area contributed by atoms with Gasteiger partial charge in [-0.25, -0.2) is 4.79 Å². The predicted molar refractivity (Wildman–Crippen MR) is 131 cm³/mol.